The molecule has 1 aromatic rings. The number of amides is 1. The van der Waals surface area contributed by atoms with E-state index in [1.165, 1.54) is 38.5 Å². The van der Waals surface area contributed by atoms with Gasteiger partial charge in [0, 0.05) is 13.0 Å². The summed E-state index contributed by atoms with van der Waals surface area (Å²) < 4.78 is 5.13. The summed E-state index contributed by atoms with van der Waals surface area (Å²) in [6.07, 6.45) is 8.24. The molecule has 1 aliphatic rings. The van der Waals surface area contributed by atoms with Crippen LogP contribution in [0.4, 0.5) is 5.69 Å². The lowest BCUT2D eigenvalue weighted by molar-refractivity contribution is -0.122. The van der Waals surface area contributed by atoms with E-state index in [0.29, 0.717) is 30.3 Å². The summed E-state index contributed by atoms with van der Waals surface area (Å²) >= 11 is 0. The summed E-state index contributed by atoms with van der Waals surface area (Å²) in [6, 6.07) is 5.62. The molecule has 0 radical (unpaired) electrons. The zero-order valence-corrected chi connectivity index (χ0v) is 12.9. The monoisotopic (exact) mass is 290 g/mol. The van der Waals surface area contributed by atoms with Crippen molar-refractivity contribution < 1.29 is 9.53 Å². The van der Waals surface area contributed by atoms with Crippen molar-refractivity contribution in [3.63, 3.8) is 0 Å². The van der Waals surface area contributed by atoms with Crippen LogP contribution in [0, 0.1) is 5.92 Å². The normalized spacial score (nSPS) is 16.2. The van der Waals surface area contributed by atoms with Gasteiger partial charge in [0.15, 0.2) is 0 Å². The minimum absolute atomic E-state index is 0.149. The van der Waals surface area contributed by atoms with E-state index in [1.807, 2.05) is 18.2 Å². The summed E-state index contributed by atoms with van der Waals surface area (Å²) in [5.41, 5.74) is 7.47. The molecule has 1 saturated carbocycles. The van der Waals surface area contributed by atoms with E-state index >= 15 is 0 Å². The Morgan fingerprint density at radius 1 is 1.29 bits per heavy atom. The van der Waals surface area contributed by atoms with Crippen molar-refractivity contribution in [2.24, 2.45) is 5.92 Å². The zero-order valence-electron chi connectivity index (χ0n) is 12.9. The molecule has 1 aromatic carbocycles. The van der Waals surface area contributed by atoms with Crippen molar-refractivity contribution in [2.45, 2.75) is 51.5 Å². The molecule has 0 aromatic heterocycles. The molecule has 0 unspecified atom stereocenters. The van der Waals surface area contributed by atoms with Crippen LogP contribution in [0.1, 0.15) is 50.5 Å². The summed E-state index contributed by atoms with van der Waals surface area (Å²) in [4.78, 5) is 12.0. The number of carbonyl (C=O) groups is 1. The maximum absolute atomic E-state index is 12.0. The zero-order chi connectivity index (χ0) is 15.1. The number of nitrogens with one attached hydrogen (secondary N) is 1. The molecule has 0 heterocycles. The number of methoxy groups -OCH3 is 1. The lowest BCUT2D eigenvalue weighted by Crippen LogP contribution is -2.25. The molecule has 3 N–H and O–H groups in total. The number of ether oxygens (including phenoxy) is 1. The Morgan fingerprint density at radius 3 is 2.62 bits per heavy atom. The van der Waals surface area contributed by atoms with E-state index < -0.39 is 0 Å². The van der Waals surface area contributed by atoms with Gasteiger partial charge in [-0.15, -0.1) is 0 Å². The number of anilines is 1. The van der Waals surface area contributed by atoms with E-state index in [-0.39, 0.29) is 5.91 Å². The van der Waals surface area contributed by atoms with Gasteiger partial charge in [-0.25, -0.2) is 0 Å². The first-order valence-corrected chi connectivity index (χ1v) is 7.88. The topological polar surface area (TPSA) is 64.3 Å². The third kappa shape index (κ3) is 4.96. The lowest BCUT2D eigenvalue weighted by atomic mass is 9.96. The van der Waals surface area contributed by atoms with Gasteiger partial charge in [0.2, 0.25) is 5.91 Å². The molecule has 0 aliphatic heterocycles. The third-order valence-corrected chi connectivity index (χ3v) is 4.23. The van der Waals surface area contributed by atoms with Gasteiger partial charge in [-0.2, -0.15) is 0 Å². The Morgan fingerprint density at radius 2 is 2.00 bits per heavy atom. The van der Waals surface area contributed by atoms with Crippen molar-refractivity contribution in [1.82, 2.24) is 5.32 Å². The predicted molar refractivity (Wildman–Crippen MR) is 85.1 cm³/mol. The fourth-order valence-corrected chi connectivity index (χ4v) is 3.00. The second-order valence-corrected chi connectivity index (χ2v) is 5.91. The van der Waals surface area contributed by atoms with Crippen molar-refractivity contribution in [3.8, 4) is 5.75 Å². The first-order valence-electron chi connectivity index (χ1n) is 7.88. The van der Waals surface area contributed by atoms with Crippen LogP contribution in [-0.4, -0.2) is 13.0 Å². The second-order valence-electron chi connectivity index (χ2n) is 5.91. The number of rotatable bonds is 5. The van der Waals surface area contributed by atoms with Crippen LogP contribution in [0.15, 0.2) is 18.2 Å². The second kappa shape index (κ2) is 7.91. The van der Waals surface area contributed by atoms with Crippen LogP contribution in [0.25, 0.3) is 0 Å². The smallest absolute Gasteiger partial charge is 0.220 e. The predicted octanol–water partition coefficient (Wildman–Crippen LogP) is 3.25. The maximum Gasteiger partial charge on any atom is 0.220 e. The van der Waals surface area contributed by atoms with Gasteiger partial charge < -0.3 is 15.8 Å². The number of hydrogen-bond donors (Lipinski definition) is 2. The molecule has 1 amide bonds. The third-order valence-electron chi connectivity index (χ3n) is 4.23. The van der Waals surface area contributed by atoms with Crippen LogP contribution in [0.5, 0.6) is 5.75 Å². The molecular formula is C17H26N2O2. The highest BCUT2D eigenvalue weighted by Crippen LogP contribution is 2.25. The number of nitrogens with two attached hydrogens (primary N) is 1. The Hall–Kier alpha value is -1.71. The SMILES string of the molecule is COc1ccc(CNC(=O)CC2CCCCCC2)cc1N. The van der Waals surface area contributed by atoms with E-state index in [1.54, 1.807) is 7.11 Å². The largest absolute Gasteiger partial charge is 0.495 e. The summed E-state index contributed by atoms with van der Waals surface area (Å²) in [5.74, 6) is 1.38. The summed E-state index contributed by atoms with van der Waals surface area (Å²) in [5, 5.41) is 3.00. The molecular weight excluding hydrogens is 264 g/mol. The minimum atomic E-state index is 0.149. The van der Waals surface area contributed by atoms with Gasteiger partial charge in [-0.3, -0.25) is 4.79 Å². The van der Waals surface area contributed by atoms with Crippen molar-refractivity contribution >= 4 is 11.6 Å². The van der Waals surface area contributed by atoms with Crippen molar-refractivity contribution in [1.29, 1.82) is 0 Å². The molecule has 4 nitrogen and oxygen atoms in total. The van der Waals surface area contributed by atoms with Crippen LogP contribution >= 0.6 is 0 Å². The maximum atomic E-state index is 12.0. The van der Waals surface area contributed by atoms with Crippen LogP contribution in [0.3, 0.4) is 0 Å². The van der Waals surface area contributed by atoms with Crippen LogP contribution in [-0.2, 0) is 11.3 Å². The number of hydrogen-bond acceptors (Lipinski definition) is 3. The molecule has 4 heteroatoms. The molecule has 116 valence electrons. The fraction of sp³-hybridized carbons (Fsp3) is 0.588. The van der Waals surface area contributed by atoms with E-state index in [9.17, 15) is 4.79 Å². The summed E-state index contributed by atoms with van der Waals surface area (Å²) in [6.45, 7) is 0.528. The van der Waals surface area contributed by atoms with Gasteiger partial charge >= 0.3 is 0 Å². The van der Waals surface area contributed by atoms with E-state index in [4.69, 9.17) is 10.5 Å². The molecule has 0 saturated heterocycles. The van der Waals surface area contributed by atoms with Gasteiger partial charge in [-0.05, 0) is 36.5 Å². The first kappa shape index (κ1) is 15.7. The number of benzene rings is 1. The van der Waals surface area contributed by atoms with E-state index in [0.717, 1.165) is 5.56 Å². The molecule has 0 atom stereocenters. The van der Waals surface area contributed by atoms with E-state index in [2.05, 4.69) is 5.32 Å². The standard InChI is InChI=1S/C17H26N2O2/c1-21-16-9-8-14(10-15(16)18)12-19-17(20)11-13-6-4-2-3-5-7-13/h8-10,13H,2-7,11-12,18H2,1H3,(H,19,20). The first-order chi connectivity index (χ1) is 10.2. The molecule has 21 heavy (non-hydrogen) atoms. The van der Waals surface area contributed by atoms with Crippen LogP contribution < -0.4 is 15.8 Å². The van der Waals surface area contributed by atoms with Crippen molar-refractivity contribution in [2.75, 3.05) is 12.8 Å². The highest BCUT2D eigenvalue weighted by atomic mass is 16.5. The van der Waals surface area contributed by atoms with Gasteiger partial charge in [-0.1, -0.05) is 31.7 Å². The van der Waals surface area contributed by atoms with Gasteiger partial charge in [0.1, 0.15) is 5.75 Å². The molecule has 0 bridgehead atoms. The highest BCUT2D eigenvalue weighted by Gasteiger charge is 2.15. The Bertz CT molecular complexity index is 466. The molecule has 1 aliphatic carbocycles. The minimum Gasteiger partial charge on any atom is -0.495 e. The number of carbonyl (C=O) groups excluding carboxylic acids is 1. The molecule has 2 rings (SSSR count). The lowest BCUT2D eigenvalue weighted by Gasteiger charge is -2.14. The van der Waals surface area contributed by atoms with Gasteiger partial charge in [0.25, 0.3) is 0 Å². The average molecular weight is 290 g/mol. The molecule has 0 spiro atoms. The quantitative estimate of drug-likeness (QED) is 0.646. The Balaban J connectivity index is 1.79. The Labute approximate surface area is 127 Å². The van der Waals surface area contributed by atoms with Gasteiger partial charge in [0.05, 0.1) is 12.8 Å². The van der Waals surface area contributed by atoms with Crippen LogP contribution in [0.2, 0.25) is 0 Å². The average Bonchev–Trinajstić information content (AvgIpc) is 2.74. The highest BCUT2D eigenvalue weighted by molar-refractivity contribution is 5.76. The fourth-order valence-electron chi connectivity index (χ4n) is 3.00. The van der Waals surface area contributed by atoms with Crippen molar-refractivity contribution in [3.05, 3.63) is 23.8 Å². The molecule has 1 fully saturated rings. The Kier molecular flexibility index (Phi) is 5.90. The summed E-state index contributed by atoms with van der Waals surface area (Å²) in [7, 11) is 1.60. The number of nitrogen functional groups attached to an aromatic ring is 1.